The maximum atomic E-state index is 5.91. The van der Waals surface area contributed by atoms with Crippen LogP contribution in [0.1, 0.15) is 16.7 Å². The summed E-state index contributed by atoms with van der Waals surface area (Å²) in [5.74, 6) is 2.24. The summed E-state index contributed by atoms with van der Waals surface area (Å²) in [6.07, 6.45) is 0. The van der Waals surface area contributed by atoms with E-state index in [-0.39, 0.29) is 0 Å². The van der Waals surface area contributed by atoms with Crippen LogP contribution in [-0.4, -0.2) is 0 Å². The van der Waals surface area contributed by atoms with E-state index in [9.17, 15) is 0 Å². The molecule has 122 valence electrons. The zero-order valence-electron chi connectivity index (χ0n) is 13.4. The van der Waals surface area contributed by atoms with Crippen molar-refractivity contribution in [2.45, 2.75) is 19.0 Å². The van der Waals surface area contributed by atoms with Gasteiger partial charge in [-0.05, 0) is 28.8 Å². The van der Waals surface area contributed by atoms with Crippen molar-refractivity contribution < 1.29 is 9.47 Å². The van der Waals surface area contributed by atoms with Gasteiger partial charge in [0.15, 0.2) is 0 Å². The van der Waals surface area contributed by atoms with Crippen LogP contribution >= 0.6 is 12.6 Å². The van der Waals surface area contributed by atoms with Crippen LogP contribution in [0.15, 0.2) is 78.9 Å². The third-order valence-corrected chi connectivity index (χ3v) is 3.98. The first-order chi connectivity index (χ1) is 11.8. The Bertz CT molecular complexity index is 696. The fourth-order valence-corrected chi connectivity index (χ4v) is 2.55. The van der Waals surface area contributed by atoms with Crippen molar-refractivity contribution in [3.63, 3.8) is 0 Å². The van der Waals surface area contributed by atoms with Crippen molar-refractivity contribution in [2.75, 3.05) is 0 Å². The lowest BCUT2D eigenvalue weighted by molar-refractivity contribution is 0.289. The zero-order chi connectivity index (χ0) is 16.6. The molecule has 0 aromatic heterocycles. The molecule has 0 aliphatic heterocycles. The normalized spacial score (nSPS) is 10.4. The second-order valence-electron chi connectivity index (χ2n) is 5.52. The number of hydrogen-bond donors (Lipinski definition) is 1. The monoisotopic (exact) mass is 336 g/mol. The fraction of sp³-hybridized carbons (Fsp3) is 0.143. The van der Waals surface area contributed by atoms with Crippen molar-refractivity contribution in [1.82, 2.24) is 0 Å². The van der Waals surface area contributed by atoms with Gasteiger partial charge >= 0.3 is 0 Å². The molecule has 3 rings (SSSR count). The van der Waals surface area contributed by atoms with E-state index < -0.39 is 0 Å². The van der Waals surface area contributed by atoms with Gasteiger partial charge in [-0.15, -0.1) is 0 Å². The molecule has 3 aromatic carbocycles. The van der Waals surface area contributed by atoms with Crippen LogP contribution < -0.4 is 9.47 Å². The summed E-state index contributed by atoms with van der Waals surface area (Å²) in [6, 6.07) is 26.2. The van der Waals surface area contributed by atoms with Crippen molar-refractivity contribution in [3.05, 3.63) is 95.6 Å². The summed E-state index contributed by atoms with van der Waals surface area (Å²) in [6.45, 7) is 1.07. The minimum absolute atomic E-state index is 0.537. The molecule has 0 amide bonds. The molecule has 3 aromatic rings. The predicted molar refractivity (Wildman–Crippen MR) is 101 cm³/mol. The number of benzene rings is 3. The standard InChI is InChI=1S/C21H20O2S/c24-16-19-11-20(22-14-17-7-3-1-4-8-17)13-21(12-19)23-15-18-9-5-2-6-10-18/h1-13,24H,14-16H2. The topological polar surface area (TPSA) is 18.5 Å². The van der Waals surface area contributed by atoms with Gasteiger partial charge in [-0.1, -0.05) is 60.7 Å². The quantitative estimate of drug-likeness (QED) is 0.592. The van der Waals surface area contributed by atoms with E-state index in [0.29, 0.717) is 19.0 Å². The fourth-order valence-electron chi connectivity index (χ4n) is 2.37. The summed E-state index contributed by atoms with van der Waals surface area (Å²) >= 11 is 4.37. The van der Waals surface area contributed by atoms with E-state index >= 15 is 0 Å². The van der Waals surface area contributed by atoms with Crippen LogP contribution in [0.4, 0.5) is 0 Å². The van der Waals surface area contributed by atoms with Gasteiger partial charge in [-0.2, -0.15) is 12.6 Å². The predicted octanol–water partition coefficient (Wildman–Crippen LogP) is 5.27. The minimum Gasteiger partial charge on any atom is -0.489 e. The smallest absolute Gasteiger partial charge is 0.123 e. The molecular weight excluding hydrogens is 316 g/mol. The first kappa shape index (κ1) is 16.5. The molecule has 0 bridgehead atoms. The molecule has 24 heavy (non-hydrogen) atoms. The Balaban J connectivity index is 1.68. The Kier molecular flexibility index (Phi) is 5.80. The molecule has 0 atom stereocenters. The summed E-state index contributed by atoms with van der Waals surface area (Å²) in [4.78, 5) is 0. The van der Waals surface area contributed by atoms with Gasteiger partial charge in [-0.25, -0.2) is 0 Å². The summed E-state index contributed by atoms with van der Waals surface area (Å²) in [7, 11) is 0. The molecule has 0 aliphatic rings. The van der Waals surface area contributed by atoms with Gasteiger partial charge in [0, 0.05) is 11.8 Å². The largest absolute Gasteiger partial charge is 0.489 e. The summed E-state index contributed by atoms with van der Waals surface area (Å²) in [5.41, 5.74) is 3.35. The molecule has 0 aliphatic carbocycles. The SMILES string of the molecule is SCc1cc(OCc2ccccc2)cc(OCc2ccccc2)c1. The third kappa shape index (κ3) is 4.80. The van der Waals surface area contributed by atoms with Crippen LogP contribution in [0.2, 0.25) is 0 Å². The van der Waals surface area contributed by atoms with Crippen LogP contribution in [0.5, 0.6) is 11.5 Å². The maximum absolute atomic E-state index is 5.91. The molecular formula is C21H20O2S. The van der Waals surface area contributed by atoms with Crippen LogP contribution in [0.3, 0.4) is 0 Å². The van der Waals surface area contributed by atoms with Gasteiger partial charge in [-0.3, -0.25) is 0 Å². The summed E-state index contributed by atoms with van der Waals surface area (Å²) < 4.78 is 11.8. The van der Waals surface area contributed by atoms with Gasteiger partial charge in [0.25, 0.3) is 0 Å². The van der Waals surface area contributed by atoms with Crippen molar-refractivity contribution in [1.29, 1.82) is 0 Å². The molecule has 0 N–H and O–H groups in total. The highest BCUT2D eigenvalue weighted by Crippen LogP contribution is 2.25. The third-order valence-electron chi connectivity index (χ3n) is 3.62. The molecule has 0 saturated heterocycles. The first-order valence-corrected chi connectivity index (χ1v) is 8.55. The second kappa shape index (κ2) is 8.46. The number of rotatable bonds is 7. The van der Waals surface area contributed by atoms with E-state index in [1.165, 1.54) is 0 Å². The van der Waals surface area contributed by atoms with E-state index in [1.54, 1.807) is 0 Å². The molecule has 0 heterocycles. The highest BCUT2D eigenvalue weighted by Gasteiger charge is 2.04. The van der Waals surface area contributed by atoms with Crippen molar-refractivity contribution in [2.24, 2.45) is 0 Å². The number of ether oxygens (including phenoxy) is 2. The van der Waals surface area contributed by atoms with E-state index in [1.807, 2.05) is 54.6 Å². The Morgan fingerprint density at radius 3 is 1.46 bits per heavy atom. The number of thiol groups is 1. The van der Waals surface area contributed by atoms with Gasteiger partial charge < -0.3 is 9.47 Å². The lowest BCUT2D eigenvalue weighted by atomic mass is 10.2. The first-order valence-electron chi connectivity index (χ1n) is 7.92. The zero-order valence-corrected chi connectivity index (χ0v) is 14.3. The Hall–Kier alpha value is -2.39. The molecule has 0 fully saturated rings. The van der Waals surface area contributed by atoms with E-state index in [0.717, 1.165) is 28.2 Å². The maximum Gasteiger partial charge on any atom is 0.123 e. The van der Waals surface area contributed by atoms with Crippen LogP contribution in [-0.2, 0) is 19.0 Å². The highest BCUT2D eigenvalue weighted by atomic mass is 32.1. The molecule has 0 radical (unpaired) electrons. The van der Waals surface area contributed by atoms with Gasteiger partial charge in [0.1, 0.15) is 24.7 Å². The van der Waals surface area contributed by atoms with Gasteiger partial charge in [0.05, 0.1) is 0 Å². The average Bonchev–Trinajstić information content (AvgIpc) is 2.66. The molecule has 0 saturated carbocycles. The van der Waals surface area contributed by atoms with E-state index in [4.69, 9.17) is 9.47 Å². The minimum atomic E-state index is 0.537. The molecule has 0 unspecified atom stereocenters. The Morgan fingerprint density at radius 1 is 0.583 bits per heavy atom. The van der Waals surface area contributed by atoms with Crippen LogP contribution in [0.25, 0.3) is 0 Å². The van der Waals surface area contributed by atoms with Crippen LogP contribution in [0, 0.1) is 0 Å². The Labute approximate surface area is 148 Å². The average molecular weight is 336 g/mol. The van der Waals surface area contributed by atoms with E-state index in [2.05, 4.69) is 36.9 Å². The number of hydrogen-bond acceptors (Lipinski definition) is 3. The van der Waals surface area contributed by atoms with Gasteiger partial charge in [0.2, 0.25) is 0 Å². The highest BCUT2D eigenvalue weighted by molar-refractivity contribution is 7.79. The summed E-state index contributed by atoms with van der Waals surface area (Å²) in [5, 5.41) is 0. The molecule has 2 nitrogen and oxygen atoms in total. The second-order valence-corrected chi connectivity index (χ2v) is 5.84. The van der Waals surface area contributed by atoms with Crippen molar-refractivity contribution in [3.8, 4) is 11.5 Å². The lowest BCUT2D eigenvalue weighted by Crippen LogP contribution is -1.99. The Morgan fingerprint density at radius 2 is 1.04 bits per heavy atom. The molecule has 3 heteroatoms. The van der Waals surface area contributed by atoms with Crippen molar-refractivity contribution >= 4 is 12.6 Å². The molecule has 0 spiro atoms. The lowest BCUT2D eigenvalue weighted by Gasteiger charge is -2.12.